The highest BCUT2D eigenvalue weighted by atomic mass is 16.2. The first-order chi connectivity index (χ1) is 8.08. The summed E-state index contributed by atoms with van der Waals surface area (Å²) in [5.41, 5.74) is 0. The number of carbonyl (C=O) groups is 2. The molecule has 2 rings (SSSR count). The number of amides is 2. The van der Waals surface area contributed by atoms with Gasteiger partial charge in [0.1, 0.15) is 0 Å². The second kappa shape index (κ2) is 5.07. The lowest BCUT2D eigenvalue weighted by Gasteiger charge is -2.31. The molecule has 0 aromatic heterocycles. The van der Waals surface area contributed by atoms with Crippen LogP contribution in [-0.4, -0.2) is 35.8 Å². The smallest absolute Gasteiger partial charge is 0.239 e. The number of hydrogen-bond donors (Lipinski definition) is 1. The van der Waals surface area contributed by atoms with Gasteiger partial charge in [0, 0.05) is 12.6 Å². The summed E-state index contributed by atoms with van der Waals surface area (Å²) in [7, 11) is 0. The largest absolute Gasteiger partial charge is 0.351 e. The molecular weight excluding hydrogens is 216 g/mol. The Kier molecular flexibility index (Phi) is 3.69. The zero-order chi connectivity index (χ0) is 12.4. The lowest BCUT2D eigenvalue weighted by Crippen LogP contribution is -2.43. The van der Waals surface area contributed by atoms with Crippen LogP contribution in [0.15, 0.2) is 0 Å². The second-order valence-corrected chi connectivity index (χ2v) is 5.68. The quantitative estimate of drug-likeness (QED) is 0.785. The molecule has 2 amide bonds. The monoisotopic (exact) mass is 238 g/mol. The minimum Gasteiger partial charge on any atom is -0.351 e. The molecular formula is C13H22N2O2. The standard InChI is InChI=1S/C13H22N2O2/c1-9(2)7-15-8-12(16)14-11-6-4-3-5-10(11)13(15)17/h9-11H,3-8H2,1-2H3,(H,14,16)/t10-,11+/m0/s1. The van der Waals surface area contributed by atoms with Gasteiger partial charge in [-0.3, -0.25) is 9.59 Å². The van der Waals surface area contributed by atoms with Gasteiger partial charge in [-0.2, -0.15) is 0 Å². The fraction of sp³-hybridized carbons (Fsp3) is 0.846. The van der Waals surface area contributed by atoms with E-state index >= 15 is 0 Å². The van der Waals surface area contributed by atoms with Crippen molar-refractivity contribution in [2.75, 3.05) is 13.1 Å². The van der Waals surface area contributed by atoms with Gasteiger partial charge >= 0.3 is 0 Å². The molecule has 0 aromatic carbocycles. The van der Waals surface area contributed by atoms with Gasteiger partial charge in [-0.05, 0) is 18.8 Å². The van der Waals surface area contributed by atoms with E-state index in [1.807, 2.05) is 0 Å². The second-order valence-electron chi connectivity index (χ2n) is 5.68. The average molecular weight is 238 g/mol. The van der Waals surface area contributed by atoms with E-state index in [0.29, 0.717) is 12.5 Å². The summed E-state index contributed by atoms with van der Waals surface area (Å²) >= 11 is 0. The van der Waals surface area contributed by atoms with Crippen LogP contribution >= 0.6 is 0 Å². The Labute approximate surface area is 103 Å². The molecule has 2 atom stereocenters. The van der Waals surface area contributed by atoms with Crippen LogP contribution in [0, 0.1) is 11.8 Å². The van der Waals surface area contributed by atoms with Gasteiger partial charge in [0.15, 0.2) is 0 Å². The molecule has 0 spiro atoms. The molecule has 1 aliphatic carbocycles. The van der Waals surface area contributed by atoms with Crippen molar-refractivity contribution in [1.29, 1.82) is 0 Å². The summed E-state index contributed by atoms with van der Waals surface area (Å²) in [4.78, 5) is 25.9. The maximum absolute atomic E-state index is 12.4. The Morgan fingerprint density at radius 2 is 2.00 bits per heavy atom. The topological polar surface area (TPSA) is 49.4 Å². The van der Waals surface area contributed by atoms with E-state index in [9.17, 15) is 9.59 Å². The number of nitrogens with one attached hydrogen (secondary N) is 1. The maximum atomic E-state index is 12.4. The molecule has 0 aromatic rings. The SMILES string of the molecule is CC(C)CN1CC(=O)N[C@@H]2CCCC[C@@H]2C1=O. The molecule has 96 valence electrons. The molecule has 1 heterocycles. The number of fused-ring (bicyclic) bond motifs is 1. The summed E-state index contributed by atoms with van der Waals surface area (Å²) < 4.78 is 0. The van der Waals surface area contributed by atoms with E-state index in [-0.39, 0.29) is 30.3 Å². The minimum absolute atomic E-state index is 0.00778. The van der Waals surface area contributed by atoms with Crippen LogP contribution in [-0.2, 0) is 9.59 Å². The van der Waals surface area contributed by atoms with Crippen molar-refractivity contribution in [3.05, 3.63) is 0 Å². The van der Waals surface area contributed by atoms with Crippen molar-refractivity contribution in [3.63, 3.8) is 0 Å². The van der Waals surface area contributed by atoms with Gasteiger partial charge in [0.25, 0.3) is 0 Å². The van der Waals surface area contributed by atoms with Crippen molar-refractivity contribution < 1.29 is 9.59 Å². The first kappa shape index (κ1) is 12.4. The third-order valence-corrected chi connectivity index (χ3v) is 3.66. The molecule has 0 radical (unpaired) electrons. The molecule has 0 bridgehead atoms. The van der Waals surface area contributed by atoms with Crippen molar-refractivity contribution in [2.24, 2.45) is 11.8 Å². The summed E-state index contributed by atoms with van der Waals surface area (Å²) in [5, 5.41) is 3.01. The van der Waals surface area contributed by atoms with Crippen LogP contribution in [0.3, 0.4) is 0 Å². The van der Waals surface area contributed by atoms with Crippen LogP contribution in [0.5, 0.6) is 0 Å². The predicted molar refractivity (Wildman–Crippen MR) is 65.3 cm³/mol. The molecule has 0 unspecified atom stereocenters. The number of rotatable bonds is 2. The first-order valence-corrected chi connectivity index (χ1v) is 6.66. The average Bonchev–Trinajstić information content (AvgIpc) is 2.37. The lowest BCUT2D eigenvalue weighted by atomic mass is 9.84. The fourth-order valence-electron chi connectivity index (χ4n) is 2.93. The summed E-state index contributed by atoms with van der Waals surface area (Å²) in [6.45, 7) is 5.09. The zero-order valence-corrected chi connectivity index (χ0v) is 10.7. The van der Waals surface area contributed by atoms with Crippen LogP contribution in [0.4, 0.5) is 0 Å². The number of nitrogens with zero attached hydrogens (tertiary/aromatic N) is 1. The highest BCUT2D eigenvalue weighted by Crippen LogP contribution is 2.28. The Balaban J connectivity index is 2.14. The Hall–Kier alpha value is -1.06. The first-order valence-electron chi connectivity index (χ1n) is 6.66. The van der Waals surface area contributed by atoms with Gasteiger partial charge < -0.3 is 10.2 Å². The van der Waals surface area contributed by atoms with E-state index in [1.165, 1.54) is 0 Å². The molecule has 2 fully saturated rings. The third-order valence-electron chi connectivity index (χ3n) is 3.66. The van der Waals surface area contributed by atoms with Gasteiger partial charge in [-0.25, -0.2) is 0 Å². The van der Waals surface area contributed by atoms with E-state index in [2.05, 4.69) is 19.2 Å². The molecule has 4 heteroatoms. The maximum Gasteiger partial charge on any atom is 0.239 e. The molecule has 1 saturated carbocycles. The van der Waals surface area contributed by atoms with Crippen LogP contribution in [0.25, 0.3) is 0 Å². The summed E-state index contributed by atoms with van der Waals surface area (Å²) in [6, 6.07) is 0.0842. The van der Waals surface area contributed by atoms with E-state index in [4.69, 9.17) is 0 Å². The fourth-order valence-corrected chi connectivity index (χ4v) is 2.93. The normalized spacial score (nSPS) is 29.9. The Bertz CT molecular complexity index is 315. The van der Waals surface area contributed by atoms with E-state index in [1.54, 1.807) is 4.90 Å². The highest BCUT2D eigenvalue weighted by molar-refractivity contribution is 5.89. The summed E-state index contributed by atoms with van der Waals surface area (Å²) in [5.74, 6) is 0.621. The van der Waals surface area contributed by atoms with E-state index < -0.39 is 0 Å². The Morgan fingerprint density at radius 3 is 2.71 bits per heavy atom. The van der Waals surface area contributed by atoms with Gasteiger partial charge in [0.05, 0.1) is 12.5 Å². The third kappa shape index (κ3) is 2.79. The van der Waals surface area contributed by atoms with Crippen LogP contribution in [0.2, 0.25) is 0 Å². The molecule has 1 saturated heterocycles. The van der Waals surface area contributed by atoms with Gasteiger partial charge in [-0.15, -0.1) is 0 Å². The number of carbonyl (C=O) groups excluding carboxylic acids is 2. The minimum atomic E-state index is 0.00778. The van der Waals surface area contributed by atoms with Crippen molar-refractivity contribution in [3.8, 4) is 0 Å². The number of hydrogen-bond acceptors (Lipinski definition) is 2. The van der Waals surface area contributed by atoms with Crippen molar-refractivity contribution in [1.82, 2.24) is 10.2 Å². The molecule has 1 aliphatic heterocycles. The molecule has 4 nitrogen and oxygen atoms in total. The van der Waals surface area contributed by atoms with Gasteiger partial charge in [-0.1, -0.05) is 26.7 Å². The van der Waals surface area contributed by atoms with Crippen LogP contribution in [0.1, 0.15) is 39.5 Å². The van der Waals surface area contributed by atoms with Gasteiger partial charge in [0.2, 0.25) is 11.8 Å². The molecule has 2 aliphatic rings. The van der Waals surface area contributed by atoms with Crippen molar-refractivity contribution >= 4 is 11.8 Å². The van der Waals surface area contributed by atoms with Crippen LogP contribution < -0.4 is 5.32 Å². The predicted octanol–water partition coefficient (Wildman–Crippen LogP) is 1.16. The van der Waals surface area contributed by atoms with E-state index in [0.717, 1.165) is 25.7 Å². The Morgan fingerprint density at radius 1 is 1.29 bits per heavy atom. The molecule has 1 N–H and O–H groups in total. The van der Waals surface area contributed by atoms with Crippen molar-refractivity contribution in [2.45, 2.75) is 45.6 Å². The zero-order valence-electron chi connectivity index (χ0n) is 10.7. The summed E-state index contributed by atoms with van der Waals surface area (Å²) in [6.07, 6.45) is 4.12. The highest BCUT2D eigenvalue weighted by Gasteiger charge is 2.38. The molecule has 17 heavy (non-hydrogen) atoms. The lowest BCUT2D eigenvalue weighted by molar-refractivity contribution is -0.138.